The Morgan fingerprint density at radius 1 is 0.828 bits per heavy atom. The van der Waals surface area contributed by atoms with E-state index in [-0.39, 0.29) is 6.17 Å². The molecule has 0 bridgehead atoms. The summed E-state index contributed by atoms with van der Waals surface area (Å²) in [7, 11) is 0. The summed E-state index contributed by atoms with van der Waals surface area (Å²) in [5.41, 5.74) is 6.89. The molecule has 1 aliphatic rings. The fourth-order valence-corrected chi connectivity index (χ4v) is 4.47. The molecule has 29 heavy (non-hydrogen) atoms. The number of furan rings is 1. The van der Waals surface area contributed by atoms with Crippen molar-refractivity contribution in [3.63, 3.8) is 0 Å². The summed E-state index contributed by atoms with van der Waals surface area (Å²) in [6, 6.07) is 21.3. The van der Waals surface area contributed by atoms with Crippen LogP contribution in [-0.2, 0) is 0 Å². The lowest BCUT2D eigenvalue weighted by molar-refractivity contribution is 0.661. The van der Waals surface area contributed by atoms with Gasteiger partial charge in [-0.1, -0.05) is 62.4 Å². The molecule has 0 spiro atoms. The largest absolute Gasteiger partial charge is 0.454 e. The van der Waals surface area contributed by atoms with Gasteiger partial charge in [-0.25, -0.2) is 0 Å². The number of para-hydroxylation sites is 2. The molecule has 0 saturated carbocycles. The van der Waals surface area contributed by atoms with Gasteiger partial charge in [-0.2, -0.15) is 0 Å². The van der Waals surface area contributed by atoms with E-state index in [9.17, 15) is 0 Å². The molecular weight excluding hydrogens is 356 g/mol. The molecule has 1 aromatic heterocycles. The fraction of sp³-hybridized carbons (Fsp3) is 0.231. The van der Waals surface area contributed by atoms with Gasteiger partial charge in [0.1, 0.15) is 11.7 Å². The molecule has 1 atom stereocenters. The van der Waals surface area contributed by atoms with Gasteiger partial charge in [-0.15, -0.1) is 0 Å². The molecule has 0 saturated heterocycles. The van der Waals surface area contributed by atoms with Crippen LogP contribution in [0.5, 0.6) is 0 Å². The van der Waals surface area contributed by atoms with Gasteiger partial charge in [0.05, 0.1) is 5.69 Å². The molecule has 4 aromatic rings. The zero-order chi connectivity index (χ0) is 20.1. The lowest BCUT2D eigenvalue weighted by Gasteiger charge is -2.32. The highest BCUT2D eigenvalue weighted by atomic mass is 16.3. The number of nitrogens with zero attached hydrogens (tertiary/aromatic N) is 2. The second-order valence-corrected chi connectivity index (χ2v) is 8.16. The number of aryl methyl sites for hydroxylation is 1. The van der Waals surface area contributed by atoms with Crippen LogP contribution in [0.25, 0.3) is 21.9 Å². The maximum absolute atomic E-state index is 6.33. The highest BCUT2D eigenvalue weighted by molar-refractivity contribution is 6.09. The van der Waals surface area contributed by atoms with Gasteiger partial charge in [0, 0.05) is 28.9 Å². The molecule has 1 aliphatic heterocycles. The maximum Gasteiger partial charge on any atom is 0.159 e. The Bertz CT molecular complexity index is 1230. The number of anilines is 2. The minimum atomic E-state index is 0.160. The first-order valence-electron chi connectivity index (χ1n) is 10.3. The number of benzene rings is 3. The van der Waals surface area contributed by atoms with Crippen LogP contribution in [0.4, 0.5) is 11.4 Å². The molecule has 0 amide bonds. The molecule has 0 radical (unpaired) electrons. The molecule has 3 aromatic carbocycles. The Kier molecular flexibility index (Phi) is 4.13. The Balaban J connectivity index is 1.62. The van der Waals surface area contributed by atoms with Crippen LogP contribution < -0.4 is 9.80 Å². The summed E-state index contributed by atoms with van der Waals surface area (Å²) in [6.07, 6.45) is 4.52. The van der Waals surface area contributed by atoms with E-state index in [1.54, 1.807) is 0 Å². The van der Waals surface area contributed by atoms with E-state index in [2.05, 4.69) is 98.4 Å². The first kappa shape index (κ1) is 17.9. The first-order valence-corrected chi connectivity index (χ1v) is 10.3. The highest BCUT2D eigenvalue weighted by Crippen LogP contribution is 2.41. The standard InChI is InChI=1S/C26H26N2O/c1-17(2)20-9-5-7-11-23(20)27-15-16-28(19(27)4)25-18(3)13-14-22-21-10-6-8-12-24(21)29-26(22)25/h5-17,19H,1-4H3. The second kappa shape index (κ2) is 6.70. The van der Waals surface area contributed by atoms with E-state index >= 15 is 0 Å². The van der Waals surface area contributed by atoms with E-state index in [0.717, 1.165) is 16.9 Å². The van der Waals surface area contributed by atoms with Crippen molar-refractivity contribution in [1.82, 2.24) is 0 Å². The van der Waals surface area contributed by atoms with Crippen LogP contribution in [0, 0.1) is 6.92 Å². The average molecular weight is 383 g/mol. The predicted molar refractivity (Wildman–Crippen MR) is 123 cm³/mol. The van der Waals surface area contributed by atoms with Crippen LogP contribution in [-0.4, -0.2) is 6.17 Å². The number of fused-ring (bicyclic) bond motifs is 3. The number of hydrogen-bond donors (Lipinski definition) is 0. The van der Waals surface area contributed by atoms with E-state index in [4.69, 9.17) is 4.42 Å². The molecule has 3 nitrogen and oxygen atoms in total. The molecule has 146 valence electrons. The lowest BCUT2D eigenvalue weighted by atomic mass is 10.0. The lowest BCUT2D eigenvalue weighted by Crippen LogP contribution is -2.36. The minimum Gasteiger partial charge on any atom is -0.454 e. The predicted octanol–water partition coefficient (Wildman–Crippen LogP) is 7.16. The summed E-state index contributed by atoms with van der Waals surface area (Å²) < 4.78 is 6.33. The summed E-state index contributed by atoms with van der Waals surface area (Å²) in [5, 5.41) is 2.34. The molecule has 3 heteroatoms. The third-order valence-electron chi connectivity index (χ3n) is 6.01. The summed E-state index contributed by atoms with van der Waals surface area (Å²) in [4.78, 5) is 4.69. The zero-order valence-electron chi connectivity index (χ0n) is 17.4. The normalized spacial score (nSPS) is 16.7. The molecule has 2 heterocycles. The van der Waals surface area contributed by atoms with Gasteiger partial charge >= 0.3 is 0 Å². The summed E-state index contributed by atoms with van der Waals surface area (Å²) >= 11 is 0. The van der Waals surface area contributed by atoms with E-state index in [1.165, 1.54) is 27.6 Å². The van der Waals surface area contributed by atoms with Gasteiger partial charge < -0.3 is 14.2 Å². The van der Waals surface area contributed by atoms with Crippen LogP contribution in [0.3, 0.4) is 0 Å². The molecular formula is C26H26N2O. The van der Waals surface area contributed by atoms with Crippen LogP contribution in [0.2, 0.25) is 0 Å². The molecule has 5 rings (SSSR count). The van der Waals surface area contributed by atoms with Crippen molar-refractivity contribution >= 4 is 33.3 Å². The molecule has 1 unspecified atom stereocenters. The van der Waals surface area contributed by atoms with Crippen LogP contribution in [0.1, 0.15) is 37.8 Å². The van der Waals surface area contributed by atoms with Gasteiger partial charge in [0.25, 0.3) is 0 Å². The number of hydrogen-bond acceptors (Lipinski definition) is 3. The van der Waals surface area contributed by atoms with Crippen molar-refractivity contribution in [1.29, 1.82) is 0 Å². The SMILES string of the molecule is Cc1ccc2c(oc3ccccc32)c1N1C=CN(c2ccccc2C(C)C)C1C. The molecule has 0 N–H and O–H groups in total. The van der Waals surface area contributed by atoms with Crippen molar-refractivity contribution in [2.45, 2.75) is 39.8 Å². The van der Waals surface area contributed by atoms with E-state index in [0.29, 0.717) is 5.92 Å². The second-order valence-electron chi connectivity index (χ2n) is 8.16. The van der Waals surface area contributed by atoms with Crippen molar-refractivity contribution < 1.29 is 4.42 Å². The van der Waals surface area contributed by atoms with Crippen LogP contribution in [0.15, 0.2) is 77.5 Å². The third-order valence-corrected chi connectivity index (χ3v) is 6.01. The summed E-state index contributed by atoms with van der Waals surface area (Å²) in [5.74, 6) is 0.474. The Morgan fingerprint density at radius 2 is 1.55 bits per heavy atom. The Morgan fingerprint density at radius 3 is 2.38 bits per heavy atom. The topological polar surface area (TPSA) is 19.6 Å². The van der Waals surface area contributed by atoms with Gasteiger partial charge in [-0.3, -0.25) is 0 Å². The van der Waals surface area contributed by atoms with E-state index in [1.807, 2.05) is 12.1 Å². The monoisotopic (exact) mass is 382 g/mol. The first-order chi connectivity index (χ1) is 14.1. The van der Waals surface area contributed by atoms with Crippen molar-refractivity contribution in [3.8, 4) is 0 Å². The fourth-order valence-electron chi connectivity index (χ4n) is 4.47. The Hall–Kier alpha value is -3.20. The van der Waals surface area contributed by atoms with Gasteiger partial charge in [0.2, 0.25) is 0 Å². The van der Waals surface area contributed by atoms with Crippen molar-refractivity contribution in [3.05, 3.63) is 84.2 Å². The summed E-state index contributed by atoms with van der Waals surface area (Å²) in [6.45, 7) is 8.91. The van der Waals surface area contributed by atoms with E-state index < -0.39 is 0 Å². The van der Waals surface area contributed by atoms with Gasteiger partial charge in [0.15, 0.2) is 5.58 Å². The average Bonchev–Trinajstić information content (AvgIpc) is 3.28. The quantitative estimate of drug-likeness (QED) is 0.375. The minimum absolute atomic E-state index is 0.160. The molecule has 0 aliphatic carbocycles. The van der Waals surface area contributed by atoms with Crippen molar-refractivity contribution in [2.24, 2.45) is 0 Å². The van der Waals surface area contributed by atoms with Crippen LogP contribution >= 0.6 is 0 Å². The molecule has 0 fully saturated rings. The van der Waals surface area contributed by atoms with Crippen molar-refractivity contribution in [2.75, 3.05) is 9.80 Å². The third kappa shape index (κ3) is 2.72. The Labute approximate surface area is 171 Å². The number of rotatable bonds is 3. The highest BCUT2D eigenvalue weighted by Gasteiger charge is 2.29. The zero-order valence-corrected chi connectivity index (χ0v) is 17.4. The maximum atomic E-state index is 6.33. The smallest absolute Gasteiger partial charge is 0.159 e. The van der Waals surface area contributed by atoms with Gasteiger partial charge in [-0.05, 0) is 43.0 Å².